The number of fused-ring (bicyclic) bond motifs is 1. The van der Waals surface area contributed by atoms with Crippen molar-refractivity contribution in [2.75, 3.05) is 18.7 Å². The second-order valence-electron chi connectivity index (χ2n) is 10.4. The summed E-state index contributed by atoms with van der Waals surface area (Å²) in [5, 5.41) is 13.7. The first-order chi connectivity index (χ1) is 18.5. The average molecular weight is 549 g/mol. The highest BCUT2D eigenvalue weighted by atomic mass is 35.5. The van der Waals surface area contributed by atoms with E-state index in [2.05, 4.69) is 33.0 Å². The van der Waals surface area contributed by atoms with Crippen molar-refractivity contribution in [3.05, 3.63) is 81.5 Å². The van der Waals surface area contributed by atoms with E-state index in [4.69, 9.17) is 32.5 Å². The Morgan fingerprint density at radius 3 is 2.63 bits per heavy atom. The molecule has 194 valence electrons. The number of hydrazine groups is 1. The first-order valence-electron chi connectivity index (χ1n) is 12.8. The number of esters is 1. The number of nitrogens with zero attached hydrogens (tertiary/aromatic N) is 2. The molecule has 2 saturated carbocycles. The van der Waals surface area contributed by atoms with Crippen LogP contribution < -0.4 is 15.8 Å². The Bertz CT molecular complexity index is 1560. The fourth-order valence-electron chi connectivity index (χ4n) is 5.63. The van der Waals surface area contributed by atoms with Crippen LogP contribution in [0.4, 0.5) is 5.69 Å². The number of methoxy groups -OCH3 is 1. The maximum absolute atomic E-state index is 11.9. The van der Waals surface area contributed by atoms with Crippen LogP contribution in [0.2, 0.25) is 10.0 Å². The number of carbonyl (C=O) groups is 1. The molecule has 2 heterocycles. The lowest BCUT2D eigenvalue weighted by Gasteiger charge is -2.45. The van der Waals surface area contributed by atoms with Gasteiger partial charge in [-0.05, 0) is 66.4 Å². The predicted octanol–water partition coefficient (Wildman–Crippen LogP) is 6.09. The molecule has 1 saturated heterocycles. The van der Waals surface area contributed by atoms with Crippen LogP contribution in [-0.2, 0) is 11.3 Å². The minimum atomic E-state index is -0.330. The summed E-state index contributed by atoms with van der Waals surface area (Å²) in [6, 6.07) is 17.8. The predicted molar refractivity (Wildman–Crippen MR) is 148 cm³/mol. The number of nitrogens with one attached hydrogen (secondary N) is 2. The second-order valence-corrected chi connectivity index (χ2v) is 11.2. The molecule has 3 aromatic carbocycles. The summed E-state index contributed by atoms with van der Waals surface area (Å²) in [5.74, 6) is 1.04. The molecule has 2 aliphatic carbocycles. The van der Waals surface area contributed by atoms with Crippen molar-refractivity contribution in [1.29, 1.82) is 0 Å². The van der Waals surface area contributed by atoms with E-state index in [0.29, 0.717) is 34.1 Å². The third kappa shape index (κ3) is 3.88. The summed E-state index contributed by atoms with van der Waals surface area (Å²) < 4.78 is 10.7. The van der Waals surface area contributed by atoms with Crippen LogP contribution >= 0.6 is 23.2 Å². The van der Waals surface area contributed by atoms with Crippen molar-refractivity contribution in [1.82, 2.24) is 15.9 Å². The molecule has 1 aromatic heterocycles. The normalized spacial score (nSPS) is 22.1. The van der Waals surface area contributed by atoms with E-state index in [9.17, 15) is 4.79 Å². The van der Waals surface area contributed by atoms with E-state index in [1.165, 1.54) is 7.11 Å². The highest BCUT2D eigenvalue weighted by molar-refractivity contribution is 6.39. The summed E-state index contributed by atoms with van der Waals surface area (Å²) in [6.45, 7) is 1.55. The zero-order chi connectivity index (χ0) is 26.0. The Labute approximate surface area is 230 Å². The Balaban J connectivity index is 1.10. The van der Waals surface area contributed by atoms with Gasteiger partial charge in [-0.25, -0.2) is 10.2 Å². The first kappa shape index (κ1) is 24.0. The van der Waals surface area contributed by atoms with Crippen molar-refractivity contribution in [2.24, 2.45) is 0 Å². The zero-order valence-electron chi connectivity index (χ0n) is 20.8. The van der Waals surface area contributed by atoms with Gasteiger partial charge in [-0.1, -0.05) is 46.6 Å². The lowest BCUT2D eigenvalue weighted by Crippen LogP contribution is -2.67. The molecule has 7 nitrogen and oxygen atoms in total. The van der Waals surface area contributed by atoms with Crippen molar-refractivity contribution < 1.29 is 14.1 Å². The van der Waals surface area contributed by atoms with Crippen LogP contribution in [0, 0.1) is 0 Å². The highest BCUT2D eigenvalue weighted by Crippen LogP contribution is 2.49. The number of carbonyl (C=O) groups excluding carboxylic acids is 1. The van der Waals surface area contributed by atoms with Gasteiger partial charge in [0.15, 0.2) is 0 Å². The first-order valence-corrected chi connectivity index (χ1v) is 13.6. The molecule has 0 amide bonds. The van der Waals surface area contributed by atoms with Gasteiger partial charge in [-0.2, -0.15) is 0 Å². The van der Waals surface area contributed by atoms with E-state index < -0.39 is 0 Å². The van der Waals surface area contributed by atoms with Gasteiger partial charge in [0.25, 0.3) is 0 Å². The zero-order valence-corrected chi connectivity index (χ0v) is 22.3. The molecule has 9 heteroatoms. The molecule has 7 rings (SSSR count). The van der Waals surface area contributed by atoms with Gasteiger partial charge in [-0.3, -0.25) is 5.01 Å². The average Bonchev–Trinajstić information content (AvgIpc) is 3.84. The topological polar surface area (TPSA) is 79.6 Å². The molecule has 2 unspecified atom stereocenters. The smallest absolute Gasteiger partial charge is 0.337 e. The van der Waals surface area contributed by atoms with Crippen molar-refractivity contribution >= 4 is 45.6 Å². The van der Waals surface area contributed by atoms with E-state index in [0.717, 1.165) is 64.8 Å². The molecular formula is C29H26Cl2N4O3. The van der Waals surface area contributed by atoms with Gasteiger partial charge < -0.3 is 14.6 Å². The van der Waals surface area contributed by atoms with Gasteiger partial charge in [-0.15, -0.1) is 0 Å². The van der Waals surface area contributed by atoms with Crippen LogP contribution in [0.3, 0.4) is 0 Å². The lowest BCUT2D eigenvalue weighted by molar-refractivity contribution is 0.0601. The summed E-state index contributed by atoms with van der Waals surface area (Å²) in [7, 11) is 1.40. The van der Waals surface area contributed by atoms with Crippen LogP contribution in [-0.4, -0.2) is 36.4 Å². The largest absolute Gasteiger partial charge is 0.465 e. The lowest BCUT2D eigenvalue weighted by atomic mass is 10.0. The maximum Gasteiger partial charge on any atom is 0.337 e. The Kier molecular flexibility index (Phi) is 5.67. The number of rotatable bonds is 7. The quantitative estimate of drug-likeness (QED) is 0.270. The summed E-state index contributed by atoms with van der Waals surface area (Å²) in [5.41, 5.74) is 7.68. The van der Waals surface area contributed by atoms with Crippen LogP contribution in [0.25, 0.3) is 22.0 Å². The van der Waals surface area contributed by atoms with E-state index in [1.807, 2.05) is 36.4 Å². The van der Waals surface area contributed by atoms with Crippen LogP contribution in [0.5, 0.6) is 0 Å². The Morgan fingerprint density at radius 2 is 1.92 bits per heavy atom. The molecule has 2 N–H and O–H groups in total. The number of halogens is 2. The fraction of sp³-hybridized carbons (Fsp3) is 0.310. The van der Waals surface area contributed by atoms with Gasteiger partial charge in [0.1, 0.15) is 11.5 Å². The SMILES string of the molecule is COC(=O)c1ccc2cc(N3NCC34CC4NCc3c(-c4c(Cl)cccc4Cl)noc3C3CC3)ccc2c1. The molecule has 0 radical (unpaired) electrons. The summed E-state index contributed by atoms with van der Waals surface area (Å²) >= 11 is 13.1. The molecule has 1 spiro atoms. The molecular weight excluding hydrogens is 523 g/mol. The number of anilines is 1. The monoisotopic (exact) mass is 548 g/mol. The number of aromatic nitrogens is 1. The van der Waals surface area contributed by atoms with E-state index >= 15 is 0 Å². The van der Waals surface area contributed by atoms with Gasteiger partial charge >= 0.3 is 5.97 Å². The second kappa shape index (κ2) is 8.99. The van der Waals surface area contributed by atoms with Crippen molar-refractivity contribution in [3.8, 4) is 11.3 Å². The fourth-order valence-corrected chi connectivity index (χ4v) is 6.21. The van der Waals surface area contributed by atoms with Crippen molar-refractivity contribution in [3.63, 3.8) is 0 Å². The molecule has 1 aliphatic heterocycles. The molecule has 2 atom stereocenters. The van der Waals surface area contributed by atoms with E-state index in [1.54, 1.807) is 6.07 Å². The Morgan fingerprint density at radius 1 is 1.16 bits per heavy atom. The minimum absolute atomic E-state index is 0.0265. The molecule has 3 aliphatic rings. The summed E-state index contributed by atoms with van der Waals surface area (Å²) in [4.78, 5) is 11.9. The third-order valence-electron chi connectivity index (χ3n) is 8.03. The number of hydrogen-bond acceptors (Lipinski definition) is 7. The van der Waals surface area contributed by atoms with Crippen LogP contribution in [0.15, 0.2) is 59.1 Å². The number of ether oxygens (including phenoxy) is 1. The minimum Gasteiger partial charge on any atom is -0.465 e. The van der Waals surface area contributed by atoms with Crippen molar-refractivity contribution in [2.45, 2.75) is 43.3 Å². The maximum atomic E-state index is 11.9. The number of hydrogen-bond donors (Lipinski definition) is 2. The molecule has 38 heavy (non-hydrogen) atoms. The van der Waals surface area contributed by atoms with Crippen LogP contribution in [0.1, 0.15) is 46.9 Å². The van der Waals surface area contributed by atoms with E-state index in [-0.39, 0.29) is 11.5 Å². The van der Waals surface area contributed by atoms with Gasteiger partial charge in [0.2, 0.25) is 0 Å². The Hall–Kier alpha value is -3.10. The summed E-state index contributed by atoms with van der Waals surface area (Å²) in [6.07, 6.45) is 3.27. The number of benzene rings is 3. The van der Waals surface area contributed by atoms with Gasteiger partial charge in [0, 0.05) is 36.2 Å². The molecule has 3 fully saturated rings. The van der Waals surface area contributed by atoms with Gasteiger partial charge in [0.05, 0.1) is 33.9 Å². The standard InChI is InChI=1S/C29H26Cl2N4O3/c1-37-28(36)19-8-7-18-12-20(10-9-17(18)11-19)35-29(15-33-35)13-24(29)32-14-21-26(34-38-27(21)16-5-6-16)25-22(30)3-2-4-23(25)31/h2-4,7-12,16,24,32-33H,5-6,13-15H2,1H3. The molecule has 4 aromatic rings. The highest BCUT2D eigenvalue weighted by Gasteiger charge is 2.64. The molecule has 0 bridgehead atoms. The third-order valence-corrected chi connectivity index (χ3v) is 8.66.